The van der Waals surface area contributed by atoms with Gasteiger partial charge in [0, 0.05) is 6.54 Å². The third kappa shape index (κ3) is 0.777. The third-order valence-corrected chi connectivity index (χ3v) is 5.48. The van der Waals surface area contributed by atoms with Crippen molar-refractivity contribution in [1.29, 1.82) is 0 Å². The second-order valence-electron chi connectivity index (χ2n) is 4.62. The minimum atomic E-state index is -2.16. The van der Waals surface area contributed by atoms with E-state index in [1.165, 1.54) is 0 Å². The maximum Gasteiger partial charge on any atom is 0.218 e. The summed E-state index contributed by atoms with van der Waals surface area (Å²) < 4.78 is 19.0. The number of hydrogen-bond acceptors (Lipinski definition) is 5. The number of rotatable bonds is 3. The molecule has 0 N–H and O–H groups in total. The molecule has 0 saturated heterocycles. The molecule has 2 aromatic rings. The molecule has 3 aliphatic rings. The number of fused-ring (bicyclic) bond motifs is 1. The molecule has 2 aromatic heterocycles. The molecule has 0 spiro atoms. The van der Waals surface area contributed by atoms with Gasteiger partial charge < -0.3 is 8.98 Å². The Morgan fingerprint density at radius 1 is 1.44 bits per heavy atom. The molecule has 1 atom stereocenters. The van der Waals surface area contributed by atoms with Crippen LogP contribution in [0.25, 0.3) is 11.6 Å². The Labute approximate surface area is 91.0 Å². The molecular formula is C9H9N4O2P. The number of tetrazole rings is 1. The predicted molar refractivity (Wildman–Crippen MR) is 56.9 cm³/mol. The van der Waals surface area contributed by atoms with Gasteiger partial charge in [0.25, 0.3) is 0 Å². The highest BCUT2D eigenvalue weighted by Gasteiger charge is 2.75. The maximum absolute atomic E-state index is 11.8. The lowest BCUT2D eigenvalue weighted by Crippen LogP contribution is -2.09. The van der Waals surface area contributed by atoms with Gasteiger partial charge in [-0.2, -0.15) is 0 Å². The maximum atomic E-state index is 11.8. The first-order valence-corrected chi connectivity index (χ1v) is 6.89. The predicted octanol–water partition coefficient (Wildman–Crippen LogP) is -0.145. The smallest absolute Gasteiger partial charge is 0.218 e. The summed E-state index contributed by atoms with van der Waals surface area (Å²) in [5, 5.41) is 13.3. The summed E-state index contributed by atoms with van der Waals surface area (Å²) in [6, 6.07) is 0. The van der Waals surface area contributed by atoms with E-state index in [1.807, 2.05) is 0 Å². The second-order valence-corrected chi connectivity index (χ2v) is 7.14. The van der Waals surface area contributed by atoms with Crippen molar-refractivity contribution in [3.8, 4) is 11.6 Å². The highest BCUT2D eigenvalue weighted by Crippen LogP contribution is 2.70. The molecule has 0 aromatic carbocycles. The number of aromatic nitrogens is 4. The van der Waals surface area contributed by atoms with Crippen LogP contribution in [-0.4, -0.2) is 20.2 Å². The Balaban J connectivity index is 1.80. The summed E-state index contributed by atoms with van der Waals surface area (Å²) >= 11 is 0. The zero-order valence-electron chi connectivity index (χ0n) is 8.84. The highest BCUT2D eigenvalue weighted by atomic mass is 31.2. The molecule has 2 bridgehead atoms. The van der Waals surface area contributed by atoms with E-state index in [2.05, 4.69) is 29.4 Å². The molecule has 5 heterocycles. The van der Waals surface area contributed by atoms with Crippen LogP contribution >= 0.6 is 7.14 Å². The molecule has 1 unspecified atom stereocenters. The second kappa shape index (κ2) is 2.30. The van der Waals surface area contributed by atoms with Gasteiger partial charge in [-0.15, -0.1) is 5.10 Å². The molecule has 16 heavy (non-hydrogen) atoms. The zero-order chi connectivity index (χ0) is 11.1. The van der Waals surface area contributed by atoms with Crippen molar-refractivity contribution in [1.82, 2.24) is 20.2 Å². The fourth-order valence-corrected chi connectivity index (χ4v) is 4.56. The standard InChI is InChI=1S/C9H9N4O2P/c1-4(2)3-13-8(10-11-12-13)5-6-7-9(15-5)16(6,7)14/h4H,3H2,1-2H3. The van der Waals surface area contributed by atoms with Gasteiger partial charge in [0.1, 0.15) is 0 Å². The van der Waals surface area contributed by atoms with Crippen LogP contribution in [0.2, 0.25) is 0 Å². The lowest BCUT2D eigenvalue weighted by molar-refractivity contribution is 0.471. The van der Waals surface area contributed by atoms with E-state index in [0.717, 1.165) is 17.2 Å². The molecule has 0 saturated carbocycles. The van der Waals surface area contributed by atoms with Gasteiger partial charge in [0.15, 0.2) is 11.3 Å². The lowest BCUT2D eigenvalue weighted by Gasteiger charge is -2.04. The van der Waals surface area contributed by atoms with Crippen LogP contribution in [0.4, 0.5) is 0 Å². The zero-order valence-corrected chi connectivity index (χ0v) is 9.73. The SMILES string of the molecule is CC(C)Cn1nnnc1-c1oc2c3c1P23=O. The van der Waals surface area contributed by atoms with Gasteiger partial charge in [-0.25, -0.2) is 4.68 Å². The lowest BCUT2D eigenvalue weighted by atomic mass is 10.2. The first-order valence-electron chi connectivity index (χ1n) is 5.19. The van der Waals surface area contributed by atoms with E-state index in [9.17, 15) is 4.57 Å². The first kappa shape index (κ1) is 8.70. The van der Waals surface area contributed by atoms with Crippen LogP contribution in [0, 0.1) is 5.92 Å². The first-order chi connectivity index (χ1) is 7.64. The summed E-state index contributed by atoms with van der Waals surface area (Å²) in [4.78, 5) is 0. The summed E-state index contributed by atoms with van der Waals surface area (Å²) in [6.45, 7) is 4.92. The number of hydrogen-bond donors (Lipinski definition) is 0. The van der Waals surface area contributed by atoms with Crippen molar-refractivity contribution in [3.05, 3.63) is 0 Å². The fourth-order valence-electron chi connectivity index (χ4n) is 2.09. The Morgan fingerprint density at radius 3 is 2.75 bits per heavy atom. The normalized spacial score (nSPS) is 23.7. The topological polar surface area (TPSA) is 73.8 Å². The van der Waals surface area contributed by atoms with Crippen molar-refractivity contribution in [3.63, 3.8) is 0 Å². The monoisotopic (exact) mass is 236 g/mol. The fraction of sp³-hybridized carbons (Fsp3) is 0.444. The van der Waals surface area contributed by atoms with Gasteiger partial charge in [0.2, 0.25) is 13.0 Å². The van der Waals surface area contributed by atoms with Gasteiger partial charge in [0.05, 0.1) is 10.6 Å². The molecule has 0 amide bonds. The molecule has 5 rings (SSSR count). The van der Waals surface area contributed by atoms with Gasteiger partial charge in [-0.3, -0.25) is 0 Å². The molecule has 0 radical (unpaired) electrons. The quantitative estimate of drug-likeness (QED) is 0.463. The molecule has 82 valence electrons. The van der Waals surface area contributed by atoms with Gasteiger partial charge in [-0.1, -0.05) is 13.8 Å². The van der Waals surface area contributed by atoms with Gasteiger partial charge in [-0.05, 0) is 16.3 Å². The Kier molecular flexibility index (Phi) is 1.25. The van der Waals surface area contributed by atoms with E-state index < -0.39 is 7.14 Å². The molecule has 7 heteroatoms. The van der Waals surface area contributed by atoms with Gasteiger partial charge >= 0.3 is 0 Å². The molecule has 3 aliphatic heterocycles. The Morgan fingerprint density at radius 2 is 2.19 bits per heavy atom. The summed E-state index contributed by atoms with van der Waals surface area (Å²) in [5.74, 6) is 1.68. The van der Waals surface area contributed by atoms with Crippen LogP contribution in [-0.2, 0) is 11.1 Å². The van der Waals surface area contributed by atoms with E-state index in [-0.39, 0.29) is 0 Å². The van der Waals surface area contributed by atoms with Crippen molar-refractivity contribution >= 4 is 23.3 Å². The van der Waals surface area contributed by atoms with E-state index in [1.54, 1.807) is 4.68 Å². The van der Waals surface area contributed by atoms with Crippen LogP contribution < -0.4 is 16.1 Å². The summed E-state index contributed by atoms with van der Waals surface area (Å²) in [6.07, 6.45) is 0. The van der Waals surface area contributed by atoms with Crippen LogP contribution in [0.1, 0.15) is 13.8 Å². The van der Waals surface area contributed by atoms with Crippen molar-refractivity contribution in [2.45, 2.75) is 20.4 Å². The molecule has 0 aliphatic carbocycles. The van der Waals surface area contributed by atoms with Crippen LogP contribution in [0.5, 0.6) is 0 Å². The minimum Gasteiger partial charge on any atom is -0.447 e. The average molecular weight is 236 g/mol. The van der Waals surface area contributed by atoms with E-state index in [0.29, 0.717) is 23.0 Å². The molecule has 6 nitrogen and oxygen atoms in total. The number of furan rings is 1. The Hall–Kier alpha value is -1.42. The molecule has 0 fully saturated rings. The average Bonchev–Trinajstić information content (AvgIpc) is 2.77. The summed E-state index contributed by atoms with van der Waals surface area (Å²) in [7, 11) is -2.16. The molecular weight excluding hydrogens is 227 g/mol. The van der Waals surface area contributed by atoms with Crippen LogP contribution in [0.3, 0.4) is 0 Å². The van der Waals surface area contributed by atoms with Crippen molar-refractivity contribution in [2.75, 3.05) is 0 Å². The Bertz CT molecular complexity index is 660. The highest BCUT2D eigenvalue weighted by molar-refractivity contribution is 8.06. The largest absolute Gasteiger partial charge is 0.447 e. The summed E-state index contributed by atoms with van der Waals surface area (Å²) in [5.41, 5.74) is 0.691. The minimum absolute atomic E-state index is 0.452. The van der Waals surface area contributed by atoms with Crippen LogP contribution in [0.15, 0.2) is 4.42 Å². The third-order valence-electron chi connectivity index (χ3n) is 2.93. The van der Waals surface area contributed by atoms with Crippen molar-refractivity contribution < 1.29 is 8.98 Å². The van der Waals surface area contributed by atoms with E-state index >= 15 is 0 Å². The van der Waals surface area contributed by atoms with E-state index in [4.69, 9.17) is 4.42 Å². The van der Waals surface area contributed by atoms with Crippen molar-refractivity contribution in [2.24, 2.45) is 5.92 Å². The number of nitrogens with zero attached hydrogens (tertiary/aromatic N) is 4.